The molecule has 0 aliphatic heterocycles. The van der Waals surface area contributed by atoms with Crippen molar-refractivity contribution in [3.8, 4) is 0 Å². The summed E-state index contributed by atoms with van der Waals surface area (Å²) < 4.78 is 0.755. The summed E-state index contributed by atoms with van der Waals surface area (Å²) in [6, 6.07) is 5.46. The van der Waals surface area contributed by atoms with Gasteiger partial charge in [0.1, 0.15) is 4.60 Å². The smallest absolute Gasteiger partial charge is 0.106 e. The molecule has 1 N–H and O–H groups in total. The Labute approximate surface area is 68.0 Å². The first-order valence-electron chi connectivity index (χ1n) is 3.00. The summed E-state index contributed by atoms with van der Waals surface area (Å²) in [6.07, 6.45) is -0.488. The fourth-order valence-electron chi connectivity index (χ4n) is 0.657. The summed E-state index contributed by atoms with van der Waals surface area (Å²) in [6.45, 7) is 1.69. The third kappa shape index (κ3) is 1.78. The van der Waals surface area contributed by atoms with E-state index >= 15 is 0 Å². The molecule has 0 amide bonds. The van der Waals surface area contributed by atoms with Gasteiger partial charge < -0.3 is 5.11 Å². The fraction of sp³-hybridized carbons (Fsp3) is 0.286. The average molecular weight is 202 g/mol. The molecule has 3 heteroatoms. The molecule has 0 bridgehead atoms. The van der Waals surface area contributed by atoms with Crippen molar-refractivity contribution in [3.05, 3.63) is 28.5 Å². The van der Waals surface area contributed by atoms with Gasteiger partial charge in [-0.15, -0.1) is 0 Å². The Morgan fingerprint density at radius 3 is 2.70 bits per heavy atom. The van der Waals surface area contributed by atoms with Crippen molar-refractivity contribution >= 4 is 15.9 Å². The molecule has 1 aromatic rings. The highest BCUT2D eigenvalue weighted by Crippen LogP contribution is 2.12. The van der Waals surface area contributed by atoms with E-state index in [1.165, 1.54) is 0 Å². The molecule has 1 rings (SSSR count). The third-order valence-electron chi connectivity index (χ3n) is 1.16. The molecule has 2 nitrogen and oxygen atoms in total. The summed E-state index contributed by atoms with van der Waals surface area (Å²) in [7, 11) is 0. The second-order valence-corrected chi connectivity index (χ2v) is 2.87. The molecule has 1 unspecified atom stereocenters. The number of aliphatic hydroxyl groups is 1. The molecule has 0 aliphatic rings. The Hall–Kier alpha value is -0.410. The summed E-state index contributed by atoms with van der Waals surface area (Å²) in [4.78, 5) is 4.04. The van der Waals surface area contributed by atoms with Crippen LogP contribution in [0.3, 0.4) is 0 Å². The van der Waals surface area contributed by atoms with Crippen molar-refractivity contribution in [3.63, 3.8) is 0 Å². The van der Waals surface area contributed by atoms with Crippen LogP contribution in [0.15, 0.2) is 22.8 Å². The van der Waals surface area contributed by atoms with Gasteiger partial charge in [0.25, 0.3) is 0 Å². The SMILES string of the molecule is CC(O)c1cccc(Br)n1. The average Bonchev–Trinajstić information content (AvgIpc) is 1.88. The van der Waals surface area contributed by atoms with Gasteiger partial charge in [0.05, 0.1) is 11.8 Å². The first kappa shape index (κ1) is 7.69. The van der Waals surface area contributed by atoms with Crippen molar-refractivity contribution in [2.24, 2.45) is 0 Å². The molecular weight excluding hydrogens is 194 g/mol. The van der Waals surface area contributed by atoms with Crippen molar-refractivity contribution < 1.29 is 5.11 Å². The summed E-state index contributed by atoms with van der Waals surface area (Å²) in [5.41, 5.74) is 0.689. The van der Waals surface area contributed by atoms with Crippen LogP contribution in [0.25, 0.3) is 0 Å². The van der Waals surface area contributed by atoms with Crippen molar-refractivity contribution in [1.82, 2.24) is 4.98 Å². The van der Waals surface area contributed by atoms with Gasteiger partial charge in [-0.1, -0.05) is 6.07 Å². The van der Waals surface area contributed by atoms with Crippen LogP contribution in [0.1, 0.15) is 18.7 Å². The van der Waals surface area contributed by atoms with E-state index in [-0.39, 0.29) is 0 Å². The van der Waals surface area contributed by atoms with Crippen LogP contribution in [-0.4, -0.2) is 10.1 Å². The van der Waals surface area contributed by atoms with E-state index in [0.29, 0.717) is 5.69 Å². The summed E-state index contributed by atoms with van der Waals surface area (Å²) in [5.74, 6) is 0. The topological polar surface area (TPSA) is 33.1 Å². The minimum absolute atomic E-state index is 0.488. The predicted molar refractivity (Wildman–Crippen MR) is 42.6 cm³/mol. The van der Waals surface area contributed by atoms with Crippen LogP contribution in [0.2, 0.25) is 0 Å². The lowest BCUT2D eigenvalue weighted by atomic mass is 10.2. The number of aliphatic hydroxyl groups excluding tert-OH is 1. The van der Waals surface area contributed by atoms with Crippen LogP contribution >= 0.6 is 15.9 Å². The zero-order valence-corrected chi connectivity index (χ0v) is 7.17. The predicted octanol–water partition coefficient (Wildman–Crippen LogP) is 1.90. The van der Waals surface area contributed by atoms with E-state index in [1.807, 2.05) is 12.1 Å². The Bertz CT molecular complexity index is 225. The molecule has 10 heavy (non-hydrogen) atoms. The minimum Gasteiger partial charge on any atom is -0.387 e. The van der Waals surface area contributed by atoms with Gasteiger partial charge in [0.2, 0.25) is 0 Å². The van der Waals surface area contributed by atoms with Gasteiger partial charge in [0, 0.05) is 0 Å². The van der Waals surface area contributed by atoms with E-state index in [2.05, 4.69) is 20.9 Å². The standard InChI is InChI=1S/C7H8BrNO/c1-5(10)6-3-2-4-7(8)9-6/h2-5,10H,1H3. The lowest BCUT2D eigenvalue weighted by Crippen LogP contribution is -1.94. The lowest BCUT2D eigenvalue weighted by Gasteiger charge is -2.01. The normalized spacial score (nSPS) is 13.1. The molecular formula is C7H8BrNO. The highest BCUT2D eigenvalue weighted by Gasteiger charge is 2.00. The van der Waals surface area contributed by atoms with Crippen LogP contribution in [0, 0.1) is 0 Å². The van der Waals surface area contributed by atoms with Crippen molar-refractivity contribution in [1.29, 1.82) is 0 Å². The lowest BCUT2D eigenvalue weighted by molar-refractivity contribution is 0.194. The number of hydrogen-bond donors (Lipinski definition) is 1. The quantitative estimate of drug-likeness (QED) is 0.705. The van der Waals surface area contributed by atoms with Crippen molar-refractivity contribution in [2.45, 2.75) is 13.0 Å². The van der Waals surface area contributed by atoms with Gasteiger partial charge in [-0.2, -0.15) is 0 Å². The van der Waals surface area contributed by atoms with Crippen LogP contribution in [0.4, 0.5) is 0 Å². The van der Waals surface area contributed by atoms with Gasteiger partial charge >= 0.3 is 0 Å². The monoisotopic (exact) mass is 201 g/mol. The third-order valence-corrected chi connectivity index (χ3v) is 1.61. The van der Waals surface area contributed by atoms with Gasteiger partial charge in [-0.05, 0) is 35.0 Å². The highest BCUT2D eigenvalue weighted by molar-refractivity contribution is 9.10. The summed E-state index contributed by atoms with van der Waals surface area (Å²) in [5, 5.41) is 9.06. The van der Waals surface area contributed by atoms with E-state index in [1.54, 1.807) is 13.0 Å². The maximum Gasteiger partial charge on any atom is 0.106 e. The number of pyridine rings is 1. The minimum atomic E-state index is -0.488. The first-order chi connectivity index (χ1) is 4.70. The van der Waals surface area contributed by atoms with E-state index in [4.69, 9.17) is 5.11 Å². The molecule has 0 saturated heterocycles. The number of nitrogens with zero attached hydrogens (tertiary/aromatic N) is 1. The van der Waals surface area contributed by atoms with Gasteiger partial charge in [-0.25, -0.2) is 4.98 Å². The van der Waals surface area contributed by atoms with E-state index < -0.39 is 6.10 Å². The fourth-order valence-corrected chi connectivity index (χ4v) is 1.01. The second-order valence-electron chi connectivity index (χ2n) is 2.06. The Kier molecular flexibility index (Phi) is 2.40. The number of hydrogen-bond acceptors (Lipinski definition) is 2. The Balaban J connectivity index is 2.96. The second kappa shape index (κ2) is 3.12. The zero-order chi connectivity index (χ0) is 7.56. The summed E-state index contributed by atoms with van der Waals surface area (Å²) >= 11 is 3.21. The van der Waals surface area contributed by atoms with Crippen LogP contribution < -0.4 is 0 Å². The Morgan fingerprint density at radius 1 is 1.60 bits per heavy atom. The maximum atomic E-state index is 9.06. The Morgan fingerprint density at radius 2 is 2.30 bits per heavy atom. The van der Waals surface area contributed by atoms with E-state index in [9.17, 15) is 0 Å². The number of aromatic nitrogens is 1. The van der Waals surface area contributed by atoms with Crippen LogP contribution in [-0.2, 0) is 0 Å². The zero-order valence-electron chi connectivity index (χ0n) is 5.58. The molecule has 1 aromatic heterocycles. The molecule has 1 atom stereocenters. The molecule has 0 spiro atoms. The largest absolute Gasteiger partial charge is 0.387 e. The highest BCUT2D eigenvalue weighted by atomic mass is 79.9. The molecule has 0 fully saturated rings. The maximum absolute atomic E-state index is 9.06. The van der Waals surface area contributed by atoms with Crippen molar-refractivity contribution in [2.75, 3.05) is 0 Å². The first-order valence-corrected chi connectivity index (χ1v) is 3.80. The molecule has 0 aromatic carbocycles. The van der Waals surface area contributed by atoms with Gasteiger partial charge in [0.15, 0.2) is 0 Å². The number of rotatable bonds is 1. The number of halogens is 1. The van der Waals surface area contributed by atoms with E-state index in [0.717, 1.165) is 4.60 Å². The molecule has 1 heterocycles. The molecule has 0 radical (unpaired) electrons. The van der Waals surface area contributed by atoms with Gasteiger partial charge in [-0.3, -0.25) is 0 Å². The van der Waals surface area contributed by atoms with Crippen LogP contribution in [0.5, 0.6) is 0 Å². The molecule has 54 valence electrons. The molecule has 0 aliphatic carbocycles. The molecule has 0 saturated carbocycles.